The molecule has 3 aromatic rings. The summed E-state index contributed by atoms with van der Waals surface area (Å²) >= 11 is 0. The van der Waals surface area contributed by atoms with Crippen molar-refractivity contribution in [1.82, 2.24) is 24.5 Å². The van der Waals surface area contributed by atoms with E-state index in [0.717, 1.165) is 22.4 Å². The second-order valence-corrected chi connectivity index (χ2v) is 4.64. The zero-order valence-electron chi connectivity index (χ0n) is 11.0. The van der Waals surface area contributed by atoms with Gasteiger partial charge in [0.15, 0.2) is 0 Å². The molecule has 0 aliphatic heterocycles. The summed E-state index contributed by atoms with van der Waals surface area (Å²) in [5.74, 6) is 0.863. The molecule has 0 aliphatic rings. The number of aryl methyl sites for hydroxylation is 2. The van der Waals surface area contributed by atoms with Crippen LogP contribution in [0.4, 0.5) is 0 Å². The molecule has 0 saturated heterocycles. The molecule has 98 valence electrons. The SMILES string of the molecule is Cn1ncnc1CC(N)c1nn(C)c2ccccc12. The minimum absolute atomic E-state index is 0.186. The lowest BCUT2D eigenvalue weighted by Crippen LogP contribution is -2.17. The molecule has 6 heteroatoms. The summed E-state index contributed by atoms with van der Waals surface area (Å²) in [4.78, 5) is 4.21. The van der Waals surface area contributed by atoms with Crippen LogP contribution in [-0.2, 0) is 20.5 Å². The van der Waals surface area contributed by atoms with Crippen LogP contribution in [0.3, 0.4) is 0 Å². The summed E-state index contributed by atoms with van der Waals surface area (Å²) in [6.45, 7) is 0. The molecular weight excluding hydrogens is 240 g/mol. The molecule has 1 unspecified atom stereocenters. The van der Waals surface area contributed by atoms with Crippen molar-refractivity contribution in [2.24, 2.45) is 19.8 Å². The van der Waals surface area contributed by atoms with Crippen LogP contribution >= 0.6 is 0 Å². The Morgan fingerprint density at radius 3 is 2.74 bits per heavy atom. The number of para-hydroxylation sites is 1. The van der Waals surface area contributed by atoms with E-state index in [1.54, 1.807) is 11.0 Å². The smallest absolute Gasteiger partial charge is 0.138 e. The van der Waals surface area contributed by atoms with Gasteiger partial charge in [-0.1, -0.05) is 18.2 Å². The molecule has 0 saturated carbocycles. The molecule has 0 spiro atoms. The first-order valence-electron chi connectivity index (χ1n) is 6.17. The Balaban J connectivity index is 1.98. The average molecular weight is 256 g/mol. The number of rotatable bonds is 3. The summed E-state index contributed by atoms with van der Waals surface area (Å²) in [6.07, 6.45) is 2.16. The lowest BCUT2D eigenvalue weighted by atomic mass is 10.1. The molecular formula is C13H16N6. The van der Waals surface area contributed by atoms with Crippen molar-refractivity contribution in [3.05, 3.63) is 42.1 Å². The maximum Gasteiger partial charge on any atom is 0.138 e. The quantitative estimate of drug-likeness (QED) is 0.757. The van der Waals surface area contributed by atoms with E-state index in [0.29, 0.717) is 6.42 Å². The van der Waals surface area contributed by atoms with Crippen LogP contribution in [0.2, 0.25) is 0 Å². The number of fused-ring (bicyclic) bond motifs is 1. The molecule has 2 aromatic heterocycles. The fraction of sp³-hybridized carbons (Fsp3) is 0.308. The molecule has 2 heterocycles. The molecule has 19 heavy (non-hydrogen) atoms. The number of nitrogens with zero attached hydrogens (tertiary/aromatic N) is 5. The number of hydrogen-bond donors (Lipinski definition) is 1. The molecule has 3 rings (SSSR count). The van der Waals surface area contributed by atoms with E-state index >= 15 is 0 Å². The van der Waals surface area contributed by atoms with Crippen LogP contribution in [0.5, 0.6) is 0 Å². The molecule has 0 aliphatic carbocycles. The Kier molecular flexibility index (Phi) is 2.79. The van der Waals surface area contributed by atoms with Crippen molar-refractivity contribution in [3.8, 4) is 0 Å². The molecule has 2 N–H and O–H groups in total. The fourth-order valence-corrected chi connectivity index (χ4v) is 2.31. The van der Waals surface area contributed by atoms with Gasteiger partial charge < -0.3 is 5.73 Å². The molecule has 0 fully saturated rings. The number of benzene rings is 1. The molecule has 1 aromatic carbocycles. The number of nitrogens with two attached hydrogens (primary N) is 1. The van der Waals surface area contributed by atoms with E-state index < -0.39 is 0 Å². The first-order valence-corrected chi connectivity index (χ1v) is 6.17. The minimum atomic E-state index is -0.186. The number of hydrogen-bond acceptors (Lipinski definition) is 4. The summed E-state index contributed by atoms with van der Waals surface area (Å²) in [7, 11) is 3.80. The lowest BCUT2D eigenvalue weighted by molar-refractivity contribution is 0.609. The number of aromatic nitrogens is 5. The third-order valence-corrected chi connectivity index (χ3v) is 3.35. The van der Waals surface area contributed by atoms with Gasteiger partial charge in [0.1, 0.15) is 12.2 Å². The van der Waals surface area contributed by atoms with Gasteiger partial charge >= 0.3 is 0 Å². The Morgan fingerprint density at radius 1 is 1.21 bits per heavy atom. The largest absolute Gasteiger partial charge is 0.322 e. The third kappa shape index (κ3) is 2.00. The van der Waals surface area contributed by atoms with Crippen LogP contribution in [0.15, 0.2) is 30.6 Å². The topological polar surface area (TPSA) is 74.6 Å². The van der Waals surface area contributed by atoms with Gasteiger partial charge in [0, 0.05) is 25.9 Å². The Morgan fingerprint density at radius 2 is 2.00 bits per heavy atom. The summed E-state index contributed by atoms with van der Waals surface area (Å²) < 4.78 is 3.60. The summed E-state index contributed by atoms with van der Waals surface area (Å²) in [6, 6.07) is 7.91. The lowest BCUT2D eigenvalue weighted by Gasteiger charge is -2.08. The zero-order valence-corrected chi connectivity index (χ0v) is 11.0. The Hall–Kier alpha value is -2.21. The predicted octanol–water partition coefficient (Wildman–Crippen LogP) is 0.944. The van der Waals surface area contributed by atoms with E-state index in [4.69, 9.17) is 5.73 Å². The van der Waals surface area contributed by atoms with Crippen molar-refractivity contribution in [2.75, 3.05) is 0 Å². The Bertz CT molecular complexity index is 711. The van der Waals surface area contributed by atoms with Gasteiger partial charge in [-0.15, -0.1) is 0 Å². The van der Waals surface area contributed by atoms with E-state index in [-0.39, 0.29) is 6.04 Å². The molecule has 6 nitrogen and oxygen atoms in total. The van der Waals surface area contributed by atoms with Gasteiger partial charge in [-0.25, -0.2) is 4.98 Å². The molecule has 0 radical (unpaired) electrons. The van der Waals surface area contributed by atoms with E-state index in [9.17, 15) is 0 Å². The summed E-state index contributed by atoms with van der Waals surface area (Å²) in [5, 5.41) is 9.69. The molecule has 0 amide bonds. The third-order valence-electron chi connectivity index (χ3n) is 3.35. The first kappa shape index (κ1) is 11.9. The van der Waals surface area contributed by atoms with Gasteiger partial charge in [0.05, 0.1) is 17.3 Å². The second kappa shape index (κ2) is 4.47. The van der Waals surface area contributed by atoms with Crippen LogP contribution in [0, 0.1) is 0 Å². The van der Waals surface area contributed by atoms with Crippen LogP contribution < -0.4 is 5.73 Å². The van der Waals surface area contributed by atoms with Gasteiger partial charge in [-0.3, -0.25) is 9.36 Å². The van der Waals surface area contributed by atoms with Crippen molar-refractivity contribution in [2.45, 2.75) is 12.5 Å². The monoisotopic (exact) mass is 256 g/mol. The van der Waals surface area contributed by atoms with Crippen molar-refractivity contribution >= 4 is 10.9 Å². The van der Waals surface area contributed by atoms with Gasteiger partial charge in [-0.2, -0.15) is 10.2 Å². The fourth-order valence-electron chi connectivity index (χ4n) is 2.31. The van der Waals surface area contributed by atoms with Crippen LogP contribution in [0.25, 0.3) is 10.9 Å². The molecule has 0 bridgehead atoms. The van der Waals surface area contributed by atoms with Crippen molar-refractivity contribution in [1.29, 1.82) is 0 Å². The Labute approximate surface area is 110 Å². The zero-order chi connectivity index (χ0) is 13.4. The van der Waals surface area contributed by atoms with Gasteiger partial charge in [0.25, 0.3) is 0 Å². The average Bonchev–Trinajstić information content (AvgIpc) is 2.95. The van der Waals surface area contributed by atoms with Gasteiger partial charge in [-0.05, 0) is 6.07 Å². The first-order chi connectivity index (χ1) is 9.16. The summed E-state index contributed by atoms with van der Waals surface area (Å²) in [5.41, 5.74) is 8.27. The highest BCUT2D eigenvalue weighted by atomic mass is 15.3. The molecule has 1 atom stereocenters. The maximum atomic E-state index is 6.28. The van der Waals surface area contributed by atoms with E-state index in [1.165, 1.54) is 0 Å². The van der Waals surface area contributed by atoms with Crippen molar-refractivity contribution in [3.63, 3.8) is 0 Å². The highest BCUT2D eigenvalue weighted by Gasteiger charge is 2.17. The highest BCUT2D eigenvalue weighted by molar-refractivity contribution is 5.82. The maximum absolute atomic E-state index is 6.28. The van der Waals surface area contributed by atoms with Gasteiger partial charge in [0.2, 0.25) is 0 Å². The van der Waals surface area contributed by atoms with E-state index in [1.807, 2.05) is 43.0 Å². The van der Waals surface area contributed by atoms with E-state index in [2.05, 4.69) is 15.2 Å². The standard InChI is InChI=1S/C13H16N6/c1-18-11-6-4-3-5-9(11)13(17-18)10(14)7-12-15-8-16-19(12)2/h3-6,8,10H,7,14H2,1-2H3. The van der Waals surface area contributed by atoms with Crippen molar-refractivity contribution < 1.29 is 0 Å². The predicted molar refractivity (Wildman–Crippen MR) is 72.3 cm³/mol. The van der Waals surface area contributed by atoms with Crippen LogP contribution in [0.1, 0.15) is 17.6 Å². The second-order valence-electron chi connectivity index (χ2n) is 4.64. The highest BCUT2D eigenvalue weighted by Crippen LogP contribution is 2.23. The minimum Gasteiger partial charge on any atom is -0.322 e. The van der Waals surface area contributed by atoms with Crippen LogP contribution in [-0.4, -0.2) is 24.5 Å². The normalized spacial score (nSPS) is 13.0.